The number of fused-ring (bicyclic) bond motifs is 2. The number of sulfonamides is 1. The van der Waals surface area contributed by atoms with Gasteiger partial charge in [0, 0.05) is 19.2 Å². The van der Waals surface area contributed by atoms with Crippen LogP contribution >= 0.6 is 11.6 Å². The van der Waals surface area contributed by atoms with Gasteiger partial charge in [-0.25, -0.2) is 23.1 Å². The second kappa shape index (κ2) is 6.08. The summed E-state index contributed by atoms with van der Waals surface area (Å²) in [6.07, 6.45) is 3.82. The molecule has 8 nitrogen and oxygen atoms in total. The van der Waals surface area contributed by atoms with Crippen LogP contribution in [0, 0.1) is 0 Å². The first-order chi connectivity index (χ1) is 12.0. The number of hydrogen-bond acceptors (Lipinski definition) is 5. The van der Waals surface area contributed by atoms with E-state index in [1.807, 2.05) is 6.92 Å². The average Bonchev–Trinajstić information content (AvgIpc) is 3.15. The molecular formula is C15H17ClN6O2S. The molecule has 4 rings (SSSR count). The summed E-state index contributed by atoms with van der Waals surface area (Å²) < 4.78 is 31.9. The maximum absolute atomic E-state index is 13.0. The highest BCUT2D eigenvalue weighted by atomic mass is 35.5. The van der Waals surface area contributed by atoms with Gasteiger partial charge >= 0.3 is 0 Å². The molecule has 10 heteroatoms. The van der Waals surface area contributed by atoms with E-state index in [9.17, 15) is 8.42 Å². The molecule has 0 bridgehead atoms. The lowest BCUT2D eigenvalue weighted by molar-refractivity contribution is 0.399. The van der Waals surface area contributed by atoms with Crippen LogP contribution in [0.4, 0.5) is 0 Å². The Morgan fingerprint density at radius 1 is 1.36 bits per heavy atom. The van der Waals surface area contributed by atoms with E-state index in [0.717, 1.165) is 13.0 Å². The number of aryl methyl sites for hydroxylation is 2. The average molecular weight is 381 g/mol. The van der Waals surface area contributed by atoms with E-state index in [1.54, 1.807) is 29.1 Å². The van der Waals surface area contributed by atoms with Crippen LogP contribution < -0.4 is 4.72 Å². The lowest BCUT2D eigenvalue weighted by Crippen LogP contribution is -2.34. The van der Waals surface area contributed by atoms with E-state index >= 15 is 0 Å². The van der Waals surface area contributed by atoms with Gasteiger partial charge < -0.3 is 0 Å². The lowest BCUT2D eigenvalue weighted by atomic mass is 10.1. The normalized spacial score (nSPS) is 17.8. The number of nitrogens with zero attached hydrogens (tertiary/aromatic N) is 5. The summed E-state index contributed by atoms with van der Waals surface area (Å²) in [5, 5.41) is 4.30. The highest BCUT2D eigenvalue weighted by Crippen LogP contribution is 2.28. The number of aromatic nitrogens is 5. The zero-order valence-electron chi connectivity index (χ0n) is 13.6. The summed E-state index contributed by atoms with van der Waals surface area (Å²) in [5.41, 5.74) is 0.480. The smallest absolute Gasteiger partial charge is 0.260 e. The molecule has 25 heavy (non-hydrogen) atoms. The summed E-state index contributed by atoms with van der Waals surface area (Å²) in [6.45, 7) is 2.72. The second-order valence-corrected chi connectivity index (χ2v) is 7.90. The van der Waals surface area contributed by atoms with Crippen LogP contribution in [0.25, 0.3) is 5.65 Å². The van der Waals surface area contributed by atoms with Crippen molar-refractivity contribution in [3.05, 3.63) is 41.2 Å². The zero-order valence-corrected chi connectivity index (χ0v) is 15.1. The molecule has 0 aliphatic carbocycles. The zero-order chi connectivity index (χ0) is 17.6. The second-order valence-electron chi connectivity index (χ2n) is 5.92. The van der Waals surface area contributed by atoms with Crippen molar-refractivity contribution >= 4 is 27.3 Å². The highest BCUT2D eigenvalue weighted by molar-refractivity contribution is 7.89. The molecule has 0 saturated heterocycles. The molecule has 0 aromatic carbocycles. The van der Waals surface area contributed by atoms with Crippen LogP contribution in [-0.4, -0.2) is 32.6 Å². The largest absolute Gasteiger partial charge is 0.288 e. The van der Waals surface area contributed by atoms with Crippen molar-refractivity contribution in [2.24, 2.45) is 0 Å². The first-order valence-corrected chi connectivity index (χ1v) is 9.94. The number of nitrogens with one attached hydrogen (secondary N) is 1. The number of rotatable bonds is 4. The highest BCUT2D eigenvalue weighted by Gasteiger charge is 2.32. The first-order valence-electron chi connectivity index (χ1n) is 8.08. The van der Waals surface area contributed by atoms with Crippen molar-refractivity contribution in [3.8, 4) is 0 Å². The quantitative estimate of drug-likeness (QED) is 0.746. The Morgan fingerprint density at radius 2 is 2.20 bits per heavy atom. The van der Waals surface area contributed by atoms with E-state index in [4.69, 9.17) is 11.6 Å². The predicted molar refractivity (Wildman–Crippen MR) is 91.9 cm³/mol. The summed E-state index contributed by atoms with van der Waals surface area (Å²) in [5.74, 6) is 1.37. The fourth-order valence-electron chi connectivity index (χ4n) is 3.09. The van der Waals surface area contributed by atoms with E-state index < -0.39 is 16.1 Å². The van der Waals surface area contributed by atoms with Gasteiger partial charge in [0.2, 0.25) is 0 Å². The monoisotopic (exact) mass is 380 g/mol. The Balaban J connectivity index is 1.73. The number of imidazole rings is 1. The molecule has 1 aliphatic rings. The summed E-state index contributed by atoms with van der Waals surface area (Å²) in [7, 11) is -3.88. The molecular weight excluding hydrogens is 364 g/mol. The fraction of sp³-hybridized carbons (Fsp3) is 0.400. The Labute approximate surface area is 149 Å². The molecule has 0 spiro atoms. The van der Waals surface area contributed by atoms with Gasteiger partial charge in [-0.2, -0.15) is 9.82 Å². The van der Waals surface area contributed by atoms with E-state index in [1.165, 1.54) is 4.40 Å². The van der Waals surface area contributed by atoms with E-state index in [0.29, 0.717) is 30.1 Å². The lowest BCUT2D eigenvalue weighted by Gasteiger charge is -2.22. The van der Waals surface area contributed by atoms with Crippen LogP contribution in [-0.2, 0) is 23.0 Å². The van der Waals surface area contributed by atoms with Crippen molar-refractivity contribution in [1.82, 2.24) is 28.9 Å². The van der Waals surface area contributed by atoms with Crippen LogP contribution in [0.1, 0.15) is 37.5 Å². The summed E-state index contributed by atoms with van der Waals surface area (Å²) >= 11 is 6.11. The third kappa shape index (κ3) is 2.82. The van der Waals surface area contributed by atoms with Crippen LogP contribution in [0.5, 0.6) is 0 Å². The molecule has 0 amide bonds. The van der Waals surface area contributed by atoms with Crippen molar-refractivity contribution in [3.63, 3.8) is 0 Å². The van der Waals surface area contributed by atoms with Crippen LogP contribution in [0.2, 0.25) is 5.15 Å². The molecule has 0 saturated carbocycles. The molecule has 0 fully saturated rings. The molecule has 3 aromatic rings. The minimum atomic E-state index is -3.88. The van der Waals surface area contributed by atoms with Crippen molar-refractivity contribution < 1.29 is 8.42 Å². The molecule has 1 aliphatic heterocycles. The van der Waals surface area contributed by atoms with Crippen molar-refractivity contribution in [2.45, 2.75) is 43.8 Å². The van der Waals surface area contributed by atoms with Gasteiger partial charge in [-0.1, -0.05) is 24.6 Å². The molecule has 1 atom stereocenters. The topological polar surface area (TPSA) is 94.2 Å². The third-order valence-corrected chi connectivity index (χ3v) is 6.10. The third-order valence-electron chi connectivity index (χ3n) is 4.23. The van der Waals surface area contributed by atoms with Gasteiger partial charge in [0.15, 0.2) is 16.0 Å². The van der Waals surface area contributed by atoms with Crippen molar-refractivity contribution in [2.75, 3.05) is 0 Å². The molecule has 3 aromatic heterocycles. The standard InChI is InChI=1S/C15H17ClN6O2S/c1-2-11-17-14-10(6-5-9-22(14)19-11)20-25(23,24)15-13(16)18-12-7-3-4-8-21(12)15/h3-4,7-8,10,20H,2,5-6,9H2,1H3. The molecule has 1 unspecified atom stereocenters. The molecule has 4 heterocycles. The molecule has 1 N–H and O–H groups in total. The Kier molecular flexibility index (Phi) is 4.01. The van der Waals surface area contributed by atoms with Crippen molar-refractivity contribution in [1.29, 1.82) is 0 Å². The van der Waals surface area contributed by atoms with Gasteiger partial charge in [-0.3, -0.25) is 4.40 Å². The van der Waals surface area contributed by atoms with Gasteiger partial charge in [-0.15, -0.1) is 0 Å². The predicted octanol–water partition coefficient (Wildman–Crippen LogP) is 1.96. The molecule has 0 radical (unpaired) electrons. The van der Waals surface area contributed by atoms with E-state index in [2.05, 4.69) is 19.8 Å². The van der Waals surface area contributed by atoms with Gasteiger partial charge in [0.25, 0.3) is 10.0 Å². The van der Waals surface area contributed by atoms with E-state index in [-0.39, 0.29) is 10.2 Å². The number of halogens is 1. The number of hydrogen-bond donors (Lipinski definition) is 1. The minimum Gasteiger partial charge on any atom is -0.288 e. The van der Waals surface area contributed by atoms with Gasteiger partial charge in [-0.05, 0) is 25.0 Å². The first kappa shape index (κ1) is 16.5. The Morgan fingerprint density at radius 3 is 3.00 bits per heavy atom. The van der Waals surface area contributed by atoms with Crippen LogP contribution in [0.15, 0.2) is 29.4 Å². The van der Waals surface area contributed by atoms with Gasteiger partial charge in [0.05, 0.1) is 6.04 Å². The fourth-order valence-corrected chi connectivity index (χ4v) is 4.96. The minimum absolute atomic E-state index is 0.0507. The SMILES string of the molecule is CCc1nc2n(n1)CCCC2NS(=O)(=O)c1c(Cl)nc2ccccn12. The Hall–Kier alpha value is -1.97. The summed E-state index contributed by atoms with van der Waals surface area (Å²) in [4.78, 5) is 8.58. The van der Waals surface area contributed by atoms with Gasteiger partial charge in [0.1, 0.15) is 11.5 Å². The maximum atomic E-state index is 13.0. The van der Waals surface area contributed by atoms with Crippen LogP contribution in [0.3, 0.4) is 0 Å². The number of pyridine rings is 1. The Bertz CT molecular complexity index is 1040. The maximum Gasteiger partial charge on any atom is 0.260 e. The summed E-state index contributed by atoms with van der Waals surface area (Å²) in [6, 6.07) is 4.78. The molecule has 132 valence electrons.